The lowest BCUT2D eigenvalue weighted by Gasteiger charge is -2.21. The first-order valence-electron chi connectivity index (χ1n) is 6.19. The Bertz CT molecular complexity index is 430. The lowest BCUT2D eigenvalue weighted by molar-refractivity contribution is -0.138. The summed E-state index contributed by atoms with van der Waals surface area (Å²) >= 11 is 0. The Morgan fingerprint density at radius 1 is 1.39 bits per heavy atom. The maximum Gasteiger partial charge on any atom is 0.307 e. The molecule has 1 aromatic rings. The van der Waals surface area contributed by atoms with Crippen molar-refractivity contribution in [2.75, 3.05) is 0 Å². The van der Waals surface area contributed by atoms with Crippen LogP contribution in [0.4, 0.5) is 0 Å². The van der Waals surface area contributed by atoms with Crippen LogP contribution >= 0.6 is 0 Å². The Labute approximate surface area is 109 Å². The molecule has 1 unspecified atom stereocenters. The van der Waals surface area contributed by atoms with E-state index in [0.717, 1.165) is 11.3 Å². The largest absolute Gasteiger partial charge is 0.490 e. The van der Waals surface area contributed by atoms with Gasteiger partial charge in [-0.05, 0) is 36.5 Å². The topological polar surface area (TPSA) is 46.5 Å². The van der Waals surface area contributed by atoms with Gasteiger partial charge in [0, 0.05) is 0 Å². The van der Waals surface area contributed by atoms with Crippen LogP contribution in [-0.4, -0.2) is 17.2 Å². The standard InChI is InChI=1S/C15H22O3/c1-10-8-12(15(3,4)5)6-7-13(10)18-11(2)9-14(16)17/h6-8,11H,9H2,1-5H3,(H,16,17). The fourth-order valence-corrected chi connectivity index (χ4v) is 1.75. The van der Waals surface area contributed by atoms with Crippen LogP contribution in [0.15, 0.2) is 18.2 Å². The highest BCUT2D eigenvalue weighted by Crippen LogP contribution is 2.28. The van der Waals surface area contributed by atoms with Crippen LogP contribution in [0.2, 0.25) is 0 Å². The summed E-state index contributed by atoms with van der Waals surface area (Å²) in [6.07, 6.45) is -0.304. The fourth-order valence-electron chi connectivity index (χ4n) is 1.75. The van der Waals surface area contributed by atoms with Gasteiger partial charge in [-0.2, -0.15) is 0 Å². The number of carboxylic acid groups (broad SMARTS) is 1. The molecule has 1 N–H and O–H groups in total. The van der Waals surface area contributed by atoms with Gasteiger partial charge in [0.15, 0.2) is 0 Å². The molecular formula is C15H22O3. The van der Waals surface area contributed by atoms with Crippen molar-refractivity contribution in [1.29, 1.82) is 0 Å². The second-order valence-electron chi connectivity index (χ2n) is 5.76. The third-order valence-corrected chi connectivity index (χ3v) is 2.83. The minimum atomic E-state index is -0.841. The molecule has 0 bridgehead atoms. The van der Waals surface area contributed by atoms with E-state index in [1.807, 2.05) is 19.1 Å². The minimum Gasteiger partial charge on any atom is -0.490 e. The average molecular weight is 250 g/mol. The highest BCUT2D eigenvalue weighted by atomic mass is 16.5. The van der Waals surface area contributed by atoms with Crippen molar-refractivity contribution in [2.24, 2.45) is 0 Å². The zero-order valence-corrected chi connectivity index (χ0v) is 11.8. The third kappa shape index (κ3) is 4.06. The predicted molar refractivity (Wildman–Crippen MR) is 72.2 cm³/mol. The summed E-state index contributed by atoms with van der Waals surface area (Å²) in [5.74, 6) is -0.0804. The van der Waals surface area contributed by atoms with Crippen LogP contribution in [0.1, 0.15) is 45.2 Å². The third-order valence-electron chi connectivity index (χ3n) is 2.83. The second-order valence-corrected chi connectivity index (χ2v) is 5.76. The molecule has 0 fully saturated rings. The molecule has 3 heteroatoms. The Morgan fingerprint density at radius 2 is 2.00 bits per heavy atom. The Kier molecular flexibility index (Phi) is 4.38. The SMILES string of the molecule is Cc1cc(C(C)(C)C)ccc1OC(C)CC(=O)O. The normalized spacial score (nSPS) is 13.2. The summed E-state index contributed by atoms with van der Waals surface area (Å²) < 4.78 is 5.64. The molecule has 3 nitrogen and oxygen atoms in total. The molecule has 1 rings (SSSR count). The molecule has 1 atom stereocenters. The smallest absolute Gasteiger partial charge is 0.307 e. The van der Waals surface area contributed by atoms with Crippen LogP contribution in [0.25, 0.3) is 0 Å². The van der Waals surface area contributed by atoms with Gasteiger partial charge in [0.1, 0.15) is 11.9 Å². The lowest BCUT2D eigenvalue weighted by Crippen LogP contribution is -2.17. The first-order chi connectivity index (χ1) is 8.20. The van der Waals surface area contributed by atoms with Gasteiger partial charge in [-0.3, -0.25) is 4.79 Å². The molecule has 1 aromatic carbocycles. The number of hydrogen-bond donors (Lipinski definition) is 1. The number of aryl methyl sites for hydroxylation is 1. The number of aliphatic carboxylic acids is 1. The molecule has 0 heterocycles. The van der Waals surface area contributed by atoms with Crippen molar-refractivity contribution in [3.63, 3.8) is 0 Å². The van der Waals surface area contributed by atoms with Crippen LogP contribution in [-0.2, 0) is 10.2 Å². The molecular weight excluding hydrogens is 228 g/mol. The van der Waals surface area contributed by atoms with Gasteiger partial charge in [-0.15, -0.1) is 0 Å². The number of carbonyl (C=O) groups is 1. The van der Waals surface area contributed by atoms with E-state index in [1.165, 1.54) is 5.56 Å². The Morgan fingerprint density at radius 3 is 2.44 bits per heavy atom. The predicted octanol–water partition coefficient (Wildman–Crippen LogP) is 3.53. The van der Waals surface area contributed by atoms with E-state index >= 15 is 0 Å². The zero-order valence-electron chi connectivity index (χ0n) is 11.8. The van der Waals surface area contributed by atoms with Crippen molar-refractivity contribution < 1.29 is 14.6 Å². The summed E-state index contributed by atoms with van der Waals surface area (Å²) in [4.78, 5) is 10.6. The van der Waals surface area contributed by atoms with Crippen molar-refractivity contribution >= 4 is 5.97 Å². The summed E-state index contributed by atoms with van der Waals surface area (Å²) in [6, 6.07) is 6.06. The number of rotatable bonds is 4. The lowest BCUT2D eigenvalue weighted by atomic mass is 9.86. The highest BCUT2D eigenvalue weighted by molar-refractivity contribution is 5.67. The van der Waals surface area contributed by atoms with Gasteiger partial charge < -0.3 is 9.84 Å². The molecule has 100 valence electrons. The summed E-state index contributed by atoms with van der Waals surface area (Å²) in [5.41, 5.74) is 2.40. The van der Waals surface area contributed by atoms with Crippen LogP contribution in [0, 0.1) is 6.92 Å². The minimum absolute atomic E-state index is 0.0143. The quantitative estimate of drug-likeness (QED) is 0.889. The van der Waals surface area contributed by atoms with E-state index in [9.17, 15) is 4.79 Å². The maximum atomic E-state index is 10.6. The number of hydrogen-bond acceptors (Lipinski definition) is 2. The monoisotopic (exact) mass is 250 g/mol. The maximum absolute atomic E-state index is 10.6. The number of carboxylic acids is 1. The Balaban J connectivity index is 2.83. The first kappa shape index (κ1) is 14.6. The molecule has 0 radical (unpaired) electrons. The van der Waals surface area contributed by atoms with Crippen molar-refractivity contribution in [3.05, 3.63) is 29.3 Å². The molecule has 0 aromatic heterocycles. The molecule has 0 saturated heterocycles. The first-order valence-corrected chi connectivity index (χ1v) is 6.19. The molecule has 0 spiro atoms. The number of ether oxygens (including phenoxy) is 1. The van der Waals surface area contributed by atoms with E-state index < -0.39 is 5.97 Å². The van der Waals surface area contributed by atoms with Crippen molar-refractivity contribution in [2.45, 2.75) is 52.6 Å². The number of benzene rings is 1. The Hall–Kier alpha value is -1.51. The van der Waals surface area contributed by atoms with Gasteiger partial charge in [-0.25, -0.2) is 0 Å². The van der Waals surface area contributed by atoms with Crippen LogP contribution in [0.3, 0.4) is 0 Å². The summed E-state index contributed by atoms with van der Waals surface area (Å²) in [7, 11) is 0. The van der Waals surface area contributed by atoms with E-state index in [0.29, 0.717) is 0 Å². The average Bonchev–Trinajstić information content (AvgIpc) is 2.18. The van der Waals surface area contributed by atoms with Gasteiger partial charge in [0.25, 0.3) is 0 Å². The van der Waals surface area contributed by atoms with Crippen molar-refractivity contribution in [3.8, 4) is 5.75 Å². The van der Waals surface area contributed by atoms with Crippen LogP contribution in [0.5, 0.6) is 5.75 Å². The highest BCUT2D eigenvalue weighted by Gasteiger charge is 2.16. The molecule has 0 aliphatic carbocycles. The molecule has 18 heavy (non-hydrogen) atoms. The second kappa shape index (κ2) is 5.42. The van der Waals surface area contributed by atoms with Gasteiger partial charge >= 0.3 is 5.97 Å². The fraction of sp³-hybridized carbons (Fsp3) is 0.533. The molecule has 0 amide bonds. The van der Waals surface area contributed by atoms with E-state index in [1.54, 1.807) is 6.92 Å². The molecule has 0 aliphatic rings. The molecule has 0 aliphatic heterocycles. The van der Waals surface area contributed by atoms with Gasteiger partial charge in [-0.1, -0.05) is 32.9 Å². The van der Waals surface area contributed by atoms with E-state index in [4.69, 9.17) is 9.84 Å². The van der Waals surface area contributed by atoms with Gasteiger partial charge in [0.05, 0.1) is 6.42 Å². The summed E-state index contributed by atoms with van der Waals surface area (Å²) in [6.45, 7) is 10.2. The summed E-state index contributed by atoms with van der Waals surface area (Å²) in [5, 5.41) is 8.70. The zero-order chi connectivity index (χ0) is 13.9. The van der Waals surface area contributed by atoms with Gasteiger partial charge in [0.2, 0.25) is 0 Å². The molecule has 0 saturated carbocycles. The van der Waals surface area contributed by atoms with E-state index in [-0.39, 0.29) is 17.9 Å². The van der Waals surface area contributed by atoms with Crippen molar-refractivity contribution in [1.82, 2.24) is 0 Å². The van der Waals surface area contributed by atoms with Crippen LogP contribution < -0.4 is 4.74 Å². The van der Waals surface area contributed by atoms with E-state index in [2.05, 4.69) is 26.8 Å².